The van der Waals surface area contributed by atoms with Crippen molar-refractivity contribution in [3.05, 3.63) is 23.8 Å². The van der Waals surface area contributed by atoms with Crippen molar-refractivity contribution >= 4 is 23.4 Å². The quantitative estimate of drug-likeness (QED) is 0.747. The van der Waals surface area contributed by atoms with E-state index in [1.807, 2.05) is 12.1 Å². The fourth-order valence-electron chi connectivity index (χ4n) is 3.78. The molecular weight excluding hydrogens is 258 g/mol. The summed E-state index contributed by atoms with van der Waals surface area (Å²) in [7, 11) is 0. The molecule has 3 aliphatic heterocycles. The maximum Gasteiger partial charge on any atom is 0.407 e. The highest BCUT2D eigenvalue weighted by Crippen LogP contribution is 2.49. The molecule has 0 aliphatic carbocycles. The molecule has 3 aliphatic rings. The van der Waals surface area contributed by atoms with Crippen molar-refractivity contribution in [2.24, 2.45) is 0 Å². The first-order valence-corrected chi connectivity index (χ1v) is 6.82. The van der Waals surface area contributed by atoms with E-state index >= 15 is 0 Å². The van der Waals surface area contributed by atoms with Crippen LogP contribution in [0.2, 0.25) is 0 Å². The van der Waals surface area contributed by atoms with Crippen LogP contribution in [-0.4, -0.2) is 47.7 Å². The monoisotopic (exact) mass is 273 g/mol. The number of carbonyl (C=O) groups excluding carboxylic acids is 1. The SMILES string of the molecule is O=C1CN2c3c(cccc3C3CN(C(=O)O)CCC32)N1. The summed E-state index contributed by atoms with van der Waals surface area (Å²) in [6, 6.07) is 6.14. The van der Waals surface area contributed by atoms with Gasteiger partial charge in [0.15, 0.2) is 0 Å². The van der Waals surface area contributed by atoms with Crippen LogP contribution in [0.3, 0.4) is 0 Å². The van der Waals surface area contributed by atoms with Crippen LogP contribution in [0.4, 0.5) is 16.2 Å². The zero-order valence-corrected chi connectivity index (χ0v) is 10.9. The molecule has 0 spiro atoms. The summed E-state index contributed by atoms with van der Waals surface area (Å²) in [5.41, 5.74) is 3.11. The fourth-order valence-corrected chi connectivity index (χ4v) is 3.78. The lowest BCUT2D eigenvalue weighted by Gasteiger charge is -2.38. The van der Waals surface area contributed by atoms with Gasteiger partial charge in [-0.1, -0.05) is 12.1 Å². The van der Waals surface area contributed by atoms with Gasteiger partial charge < -0.3 is 20.2 Å². The van der Waals surface area contributed by atoms with Gasteiger partial charge in [0.2, 0.25) is 5.91 Å². The van der Waals surface area contributed by atoms with Crippen molar-refractivity contribution in [1.82, 2.24) is 4.90 Å². The van der Waals surface area contributed by atoms with Gasteiger partial charge in [-0.25, -0.2) is 4.79 Å². The van der Waals surface area contributed by atoms with E-state index in [9.17, 15) is 14.7 Å². The van der Waals surface area contributed by atoms with Crippen LogP contribution < -0.4 is 10.2 Å². The Morgan fingerprint density at radius 2 is 2.25 bits per heavy atom. The van der Waals surface area contributed by atoms with Gasteiger partial charge in [-0.05, 0) is 18.1 Å². The lowest BCUT2D eigenvalue weighted by atomic mass is 9.89. The van der Waals surface area contributed by atoms with E-state index in [1.54, 1.807) is 0 Å². The Morgan fingerprint density at radius 3 is 3.05 bits per heavy atom. The molecule has 0 aromatic heterocycles. The predicted molar refractivity (Wildman–Crippen MR) is 73.2 cm³/mol. The minimum atomic E-state index is -0.858. The van der Waals surface area contributed by atoms with E-state index in [0.29, 0.717) is 19.6 Å². The highest BCUT2D eigenvalue weighted by molar-refractivity contribution is 6.03. The second-order valence-corrected chi connectivity index (χ2v) is 5.61. The fraction of sp³-hybridized carbons (Fsp3) is 0.429. The Labute approximate surface area is 116 Å². The maximum absolute atomic E-state index is 11.8. The van der Waals surface area contributed by atoms with E-state index in [2.05, 4.69) is 16.3 Å². The van der Waals surface area contributed by atoms with Crippen LogP contribution >= 0.6 is 0 Å². The Balaban J connectivity index is 1.78. The number of amides is 2. The lowest BCUT2D eigenvalue weighted by Crippen LogP contribution is -2.50. The third-order valence-corrected chi connectivity index (χ3v) is 4.59. The zero-order chi connectivity index (χ0) is 13.9. The third-order valence-electron chi connectivity index (χ3n) is 4.59. The third kappa shape index (κ3) is 1.44. The van der Waals surface area contributed by atoms with Crippen molar-refractivity contribution in [1.29, 1.82) is 0 Å². The minimum absolute atomic E-state index is 0.0102. The average molecular weight is 273 g/mol. The number of hydrogen-bond acceptors (Lipinski definition) is 3. The van der Waals surface area contributed by atoms with Gasteiger partial charge in [-0.2, -0.15) is 0 Å². The van der Waals surface area contributed by atoms with Crippen molar-refractivity contribution in [3.8, 4) is 0 Å². The molecule has 4 rings (SSSR count). The molecule has 0 bridgehead atoms. The summed E-state index contributed by atoms with van der Waals surface area (Å²) in [4.78, 5) is 26.6. The Morgan fingerprint density at radius 1 is 1.40 bits per heavy atom. The second-order valence-electron chi connectivity index (χ2n) is 5.61. The predicted octanol–water partition coefficient (Wildman–Crippen LogP) is 1.29. The maximum atomic E-state index is 11.8. The number of benzene rings is 1. The number of anilines is 2. The van der Waals surface area contributed by atoms with E-state index in [0.717, 1.165) is 17.8 Å². The van der Waals surface area contributed by atoms with E-state index in [-0.39, 0.29) is 17.9 Å². The molecular formula is C14H15N3O3. The smallest absolute Gasteiger partial charge is 0.407 e. The van der Waals surface area contributed by atoms with Crippen LogP contribution in [0.15, 0.2) is 18.2 Å². The number of likely N-dealkylation sites (tertiary alicyclic amines) is 1. The number of nitrogens with one attached hydrogen (secondary N) is 1. The molecule has 2 N–H and O–H groups in total. The lowest BCUT2D eigenvalue weighted by molar-refractivity contribution is -0.115. The number of fused-ring (bicyclic) bond motifs is 3. The number of nitrogens with zero attached hydrogens (tertiary/aromatic N) is 2. The molecule has 104 valence electrons. The molecule has 6 nitrogen and oxygen atoms in total. The molecule has 1 fully saturated rings. The number of carboxylic acid groups (broad SMARTS) is 1. The van der Waals surface area contributed by atoms with E-state index in [4.69, 9.17) is 0 Å². The Bertz CT molecular complexity index is 616. The molecule has 1 saturated heterocycles. The number of rotatable bonds is 0. The summed E-state index contributed by atoms with van der Waals surface area (Å²) in [6.45, 7) is 1.43. The van der Waals surface area contributed by atoms with E-state index < -0.39 is 6.09 Å². The molecule has 0 saturated carbocycles. The molecule has 1 aromatic rings. The first-order valence-electron chi connectivity index (χ1n) is 6.82. The summed E-state index contributed by atoms with van der Waals surface area (Å²) in [5.74, 6) is 0.179. The first kappa shape index (κ1) is 11.6. The number of carbonyl (C=O) groups is 2. The normalized spacial score (nSPS) is 26.9. The molecule has 0 radical (unpaired) electrons. The Kier molecular flexibility index (Phi) is 2.24. The van der Waals surface area contributed by atoms with Crippen LogP contribution in [0.25, 0.3) is 0 Å². The summed E-state index contributed by atoms with van der Waals surface area (Å²) >= 11 is 0. The number of para-hydroxylation sites is 1. The highest BCUT2D eigenvalue weighted by Gasteiger charge is 2.45. The molecule has 2 atom stereocenters. The van der Waals surface area contributed by atoms with Crippen molar-refractivity contribution in [3.63, 3.8) is 0 Å². The molecule has 3 heterocycles. The molecule has 6 heteroatoms. The molecule has 2 unspecified atom stereocenters. The Hall–Kier alpha value is -2.24. The highest BCUT2D eigenvalue weighted by atomic mass is 16.4. The summed E-state index contributed by atoms with van der Waals surface area (Å²) in [5, 5.41) is 12.1. The van der Waals surface area contributed by atoms with Gasteiger partial charge in [0.25, 0.3) is 0 Å². The number of piperidine rings is 1. The van der Waals surface area contributed by atoms with Gasteiger partial charge in [0, 0.05) is 25.0 Å². The van der Waals surface area contributed by atoms with Gasteiger partial charge in [-0.3, -0.25) is 4.79 Å². The van der Waals surface area contributed by atoms with Crippen molar-refractivity contribution < 1.29 is 14.7 Å². The minimum Gasteiger partial charge on any atom is -0.465 e. The van der Waals surface area contributed by atoms with Gasteiger partial charge in [0.1, 0.15) is 0 Å². The molecule has 2 amide bonds. The first-order chi connectivity index (χ1) is 9.65. The summed E-state index contributed by atoms with van der Waals surface area (Å²) in [6.07, 6.45) is -0.0815. The van der Waals surface area contributed by atoms with Gasteiger partial charge >= 0.3 is 6.09 Å². The van der Waals surface area contributed by atoms with E-state index in [1.165, 1.54) is 10.5 Å². The molecule has 1 aromatic carbocycles. The van der Waals surface area contributed by atoms with Crippen LogP contribution in [0.5, 0.6) is 0 Å². The largest absolute Gasteiger partial charge is 0.465 e. The van der Waals surface area contributed by atoms with Crippen molar-refractivity contribution in [2.45, 2.75) is 18.4 Å². The standard InChI is InChI=1S/C14H15N3O3/c18-12-7-17-11-4-5-16(14(19)20)6-9(11)8-2-1-3-10(15-12)13(8)17/h1-3,9,11H,4-7H2,(H,15,18)(H,19,20). The zero-order valence-electron chi connectivity index (χ0n) is 10.9. The van der Waals surface area contributed by atoms with Gasteiger partial charge in [-0.15, -0.1) is 0 Å². The molecule has 20 heavy (non-hydrogen) atoms. The van der Waals surface area contributed by atoms with Crippen LogP contribution in [-0.2, 0) is 4.79 Å². The van der Waals surface area contributed by atoms with Crippen LogP contribution in [0.1, 0.15) is 17.9 Å². The van der Waals surface area contributed by atoms with Gasteiger partial charge in [0.05, 0.1) is 17.9 Å². The number of hydrogen-bond donors (Lipinski definition) is 2. The second kappa shape index (κ2) is 3.88. The summed E-state index contributed by atoms with van der Waals surface area (Å²) < 4.78 is 0. The topological polar surface area (TPSA) is 72.9 Å². The van der Waals surface area contributed by atoms with Crippen LogP contribution in [0, 0.1) is 0 Å². The average Bonchev–Trinajstić information content (AvgIpc) is 2.74. The van der Waals surface area contributed by atoms with Crippen molar-refractivity contribution in [2.75, 3.05) is 29.9 Å².